The lowest BCUT2D eigenvalue weighted by Gasteiger charge is -2.24. The van der Waals surface area contributed by atoms with Gasteiger partial charge in [0.15, 0.2) is 6.10 Å². The lowest BCUT2D eigenvalue weighted by atomic mass is 10.0. The van der Waals surface area contributed by atoms with E-state index in [1.54, 1.807) is 23.1 Å². The van der Waals surface area contributed by atoms with Crippen LogP contribution < -0.4 is 0 Å². The molecule has 1 heterocycles. The zero-order chi connectivity index (χ0) is 18.4. The molecule has 0 aliphatic carbocycles. The Morgan fingerprint density at radius 2 is 1.96 bits per heavy atom. The van der Waals surface area contributed by atoms with Crippen molar-refractivity contribution in [2.24, 2.45) is 5.16 Å². The molecule has 0 aromatic heterocycles. The maximum absolute atomic E-state index is 13.9. The highest BCUT2D eigenvalue weighted by molar-refractivity contribution is 6.01. The smallest absolute Gasteiger partial charge is 0.248 e. The predicted molar refractivity (Wildman–Crippen MR) is 96.2 cm³/mol. The van der Waals surface area contributed by atoms with Gasteiger partial charge in [0.05, 0.1) is 12.3 Å². The zero-order valence-electron chi connectivity index (χ0n) is 14.6. The summed E-state index contributed by atoms with van der Waals surface area (Å²) in [6.07, 6.45) is 0.140. The number of carbonyl (C=O) groups excluding carboxylic acids is 1. The Morgan fingerprint density at radius 1 is 1.23 bits per heavy atom. The van der Waals surface area contributed by atoms with Gasteiger partial charge in [-0.05, 0) is 11.6 Å². The standard InChI is InChI=1S/C20H21FN2O3/c1-25-14-20(24)23(12-15-7-3-2-4-8-15)13-16-11-19(22-26-16)17-9-5-6-10-18(17)21/h2-10,16H,11-14H2,1H3. The molecule has 0 bridgehead atoms. The van der Waals surface area contributed by atoms with Gasteiger partial charge in [0.1, 0.15) is 12.4 Å². The highest BCUT2D eigenvalue weighted by atomic mass is 19.1. The Bertz CT molecular complexity index is 780. The third kappa shape index (κ3) is 4.46. The summed E-state index contributed by atoms with van der Waals surface area (Å²) in [4.78, 5) is 19.5. The number of oxime groups is 1. The minimum absolute atomic E-state index is 0.000577. The molecule has 0 saturated heterocycles. The molecule has 136 valence electrons. The molecule has 0 radical (unpaired) electrons. The van der Waals surface area contributed by atoms with Crippen LogP contribution in [-0.2, 0) is 20.9 Å². The quantitative estimate of drug-likeness (QED) is 0.766. The third-order valence-electron chi connectivity index (χ3n) is 4.18. The molecule has 2 aromatic carbocycles. The number of hydrogen-bond donors (Lipinski definition) is 0. The van der Waals surface area contributed by atoms with E-state index in [1.165, 1.54) is 13.2 Å². The second-order valence-electron chi connectivity index (χ2n) is 6.14. The molecule has 3 rings (SSSR count). The molecule has 1 atom stereocenters. The summed E-state index contributed by atoms with van der Waals surface area (Å²) in [5.74, 6) is -0.452. The first-order chi connectivity index (χ1) is 12.7. The normalized spacial score (nSPS) is 16.1. The maximum Gasteiger partial charge on any atom is 0.248 e. The highest BCUT2D eigenvalue weighted by Crippen LogP contribution is 2.20. The number of rotatable bonds is 7. The molecular weight excluding hydrogens is 335 g/mol. The third-order valence-corrected chi connectivity index (χ3v) is 4.18. The van der Waals surface area contributed by atoms with Crippen LogP contribution in [-0.4, -0.2) is 42.9 Å². The first-order valence-electron chi connectivity index (χ1n) is 8.45. The summed E-state index contributed by atoms with van der Waals surface area (Å²) in [5, 5.41) is 4.02. The fourth-order valence-electron chi connectivity index (χ4n) is 2.90. The van der Waals surface area contributed by atoms with Gasteiger partial charge in [-0.15, -0.1) is 0 Å². The second kappa shape index (κ2) is 8.58. The van der Waals surface area contributed by atoms with E-state index in [4.69, 9.17) is 9.57 Å². The van der Waals surface area contributed by atoms with Crippen LogP contribution in [0, 0.1) is 5.82 Å². The second-order valence-corrected chi connectivity index (χ2v) is 6.14. The van der Waals surface area contributed by atoms with Crippen LogP contribution in [0.5, 0.6) is 0 Å². The van der Waals surface area contributed by atoms with Crippen molar-refractivity contribution in [3.8, 4) is 0 Å². The van der Waals surface area contributed by atoms with Crippen LogP contribution in [0.25, 0.3) is 0 Å². The lowest BCUT2D eigenvalue weighted by Crippen LogP contribution is -2.39. The van der Waals surface area contributed by atoms with Gasteiger partial charge in [-0.1, -0.05) is 53.7 Å². The van der Waals surface area contributed by atoms with Gasteiger partial charge in [-0.2, -0.15) is 0 Å². The van der Waals surface area contributed by atoms with Crippen molar-refractivity contribution in [2.75, 3.05) is 20.3 Å². The lowest BCUT2D eigenvalue weighted by molar-refractivity contribution is -0.137. The summed E-state index contributed by atoms with van der Waals surface area (Å²) in [7, 11) is 1.49. The molecule has 0 spiro atoms. The van der Waals surface area contributed by atoms with E-state index in [0.29, 0.717) is 30.8 Å². The molecule has 5 nitrogen and oxygen atoms in total. The van der Waals surface area contributed by atoms with Crippen molar-refractivity contribution in [2.45, 2.75) is 19.1 Å². The number of carbonyl (C=O) groups is 1. The number of hydrogen-bond acceptors (Lipinski definition) is 4. The molecule has 26 heavy (non-hydrogen) atoms. The molecule has 1 unspecified atom stereocenters. The first-order valence-corrected chi connectivity index (χ1v) is 8.45. The Hall–Kier alpha value is -2.73. The van der Waals surface area contributed by atoms with Gasteiger partial charge in [0.25, 0.3) is 0 Å². The largest absolute Gasteiger partial charge is 0.390 e. The van der Waals surface area contributed by atoms with Crippen LogP contribution >= 0.6 is 0 Å². The number of amides is 1. The SMILES string of the molecule is COCC(=O)N(Cc1ccccc1)CC1CC(c2ccccc2F)=NO1. The minimum Gasteiger partial charge on any atom is -0.390 e. The van der Waals surface area contributed by atoms with E-state index in [9.17, 15) is 9.18 Å². The zero-order valence-corrected chi connectivity index (χ0v) is 14.6. The van der Waals surface area contributed by atoms with E-state index in [0.717, 1.165) is 5.56 Å². The molecule has 0 N–H and O–H groups in total. The van der Waals surface area contributed by atoms with Crippen molar-refractivity contribution >= 4 is 11.6 Å². The number of nitrogens with zero attached hydrogens (tertiary/aromatic N) is 2. The molecule has 6 heteroatoms. The van der Waals surface area contributed by atoms with Gasteiger partial charge < -0.3 is 14.5 Å². The van der Waals surface area contributed by atoms with Gasteiger partial charge in [0, 0.05) is 25.6 Å². The molecular formula is C20H21FN2O3. The average Bonchev–Trinajstić information content (AvgIpc) is 3.11. The fraction of sp³-hybridized carbons (Fsp3) is 0.300. The molecule has 0 fully saturated rings. The summed E-state index contributed by atoms with van der Waals surface area (Å²) in [6.45, 7) is 0.817. The summed E-state index contributed by atoms with van der Waals surface area (Å²) in [5.41, 5.74) is 2.02. The summed E-state index contributed by atoms with van der Waals surface area (Å²) >= 11 is 0. The number of benzene rings is 2. The van der Waals surface area contributed by atoms with Crippen molar-refractivity contribution in [1.82, 2.24) is 4.90 Å². The van der Waals surface area contributed by atoms with E-state index in [1.807, 2.05) is 30.3 Å². The monoisotopic (exact) mass is 356 g/mol. The predicted octanol–water partition coefficient (Wildman–Crippen LogP) is 2.99. The van der Waals surface area contributed by atoms with E-state index >= 15 is 0 Å². The highest BCUT2D eigenvalue weighted by Gasteiger charge is 2.27. The first kappa shape index (κ1) is 18.1. The van der Waals surface area contributed by atoms with Crippen LogP contribution in [0.4, 0.5) is 4.39 Å². The van der Waals surface area contributed by atoms with Gasteiger partial charge in [-0.25, -0.2) is 4.39 Å². The topological polar surface area (TPSA) is 51.1 Å². The molecule has 1 amide bonds. The van der Waals surface area contributed by atoms with Crippen molar-refractivity contribution in [1.29, 1.82) is 0 Å². The Morgan fingerprint density at radius 3 is 2.69 bits per heavy atom. The maximum atomic E-state index is 13.9. The van der Waals surface area contributed by atoms with E-state index in [2.05, 4.69) is 5.16 Å². The Balaban J connectivity index is 1.66. The number of methoxy groups -OCH3 is 1. The van der Waals surface area contributed by atoms with Crippen LogP contribution in [0.2, 0.25) is 0 Å². The van der Waals surface area contributed by atoms with Crippen molar-refractivity contribution in [3.63, 3.8) is 0 Å². The average molecular weight is 356 g/mol. The van der Waals surface area contributed by atoms with Crippen LogP contribution in [0.1, 0.15) is 17.5 Å². The fourth-order valence-corrected chi connectivity index (χ4v) is 2.90. The minimum atomic E-state index is -0.327. The Labute approximate surface area is 152 Å². The van der Waals surface area contributed by atoms with Crippen molar-refractivity contribution < 1.29 is 18.8 Å². The number of halogens is 1. The van der Waals surface area contributed by atoms with Crippen LogP contribution in [0.3, 0.4) is 0 Å². The molecule has 1 aliphatic rings. The van der Waals surface area contributed by atoms with Gasteiger partial charge >= 0.3 is 0 Å². The van der Waals surface area contributed by atoms with Crippen LogP contribution in [0.15, 0.2) is 59.8 Å². The molecule has 1 aliphatic heterocycles. The van der Waals surface area contributed by atoms with E-state index < -0.39 is 0 Å². The van der Waals surface area contributed by atoms with Gasteiger partial charge in [0.2, 0.25) is 5.91 Å². The van der Waals surface area contributed by atoms with Crippen molar-refractivity contribution in [3.05, 3.63) is 71.5 Å². The van der Waals surface area contributed by atoms with Gasteiger partial charge in [-0.3, -0.25) is 4.79 Å². The number of ether oxygens (including phenoxy) is 1. The summed E-state index contributed by atoms with van der Waals surface area (Å²) in [6, 6.07) is 16.2. The summed E-state index contributed by atoms with van der Waals surface area (Å²) < 4.78 is 18.9. The molecule has 0 saturated carbocycles. The van der Waals surface area contributed by atoms with E-state index in [-0.39, 0.29) is 24.4 Å². The molecule has 2 aromatic rings. The Kier molecular flexibility index (Phi) is 5.96.